The maximum Gasteiger partial charge on any atom is 0.266 e. The van der Waals surface area contributed by atoms with E-state index < -0.39 is 35.6 Å². The first kappa shape index (κ1) is 25.5. The van der Waals surface area contributed by atoms with Crippen molar-refractivity contribution in [1.82, 2.24) is 9.97 Å². The first-order valence-electron chi connectivity index (χ1n) is 12.5. The molecule has 0 saturated heterocycles. The number of likely N-dealkylation sites (N-methyl/N-ethyl adjacent to an activating group) is 1. The molecule has 0 unspecified atom stereocenters. The van der Waals surface area contributed by atoms with Crippen molar-refractivity contribution in [3.05, 3.63) is 52.6 Å². The van der Waals surface area contributed by atoms with Crippen molar-refractivity contribution < 1.29 is 28.1 Å². The number of fused-ring (bicyclic) bond motifs is 3. The molecule has 1 fully saturated rings. The van der Waals surface area contributed by atoms with Crippen LogP contribution in [0.5, 0.6) is 5.75 Å². The fraction of sp³-hybridized carbons (Fsp3) is 0.481. The molecule has 1 aliphatic heterocycles. The van der Waals surface area contributed by atoms with E-state index in [0.717, 1.165) is 11.8 Å². The Hall–Kier alpha value is -3.11. The van der Waals surface area contributed by atoms with E-state index in [-0.39, 0.29) is 5.56 Å². The van der Waals surface area contributed by atoms with E-state index in [4.69, 9.17) is 4.74 Å². The molecule has 3 N–H and O–H groups in total. The average molecular weight is 517 g/mol. The lowest BCUT2D eigenvalue weighted by Gasteiger charge is -2.39. The smallest absolute Gasteiger partial charge is 0.266 e. The van der Waals surface area contributed by atoms with Gasteiger partial charge >= 0.3 is 0 Å². The Morgan fingerprint density at radius 1 is 1.19 bits per heavy atom. The molecule has 0 spiro atoms. The van der Waals surface area contributed by atoms with Crippen molar-refractivity contribution in [1.29, 1.82) is 0 Å². The first-order valence-corrected chi connectivity index (χ1v) is 12.5. The number of aromatic nitrogens is 2. The van der Waals surface area contributed by atoms with Gasteiger partial charge in [-0.25, -0.2) is 23.1 Å². The van der Waals surface area contributed by atoms with Crippen LogP contribution in [0.15, 0.2) is 24.3 Å². The van der Waals surface area contributed by atoms with E-state index in [9.17, 15) is 23.4 Å². The number of anilines is 2. The Bertz CT molecular complexity index is 1330. The summed E-state index contributed by atoms with van der Waals surface area (Å²) in [5, 5.41) is 25.5. The van der Waals surface area contributed by atoms with Crippen LogP contribution >= 0.6 is 0 Å². The summed E-state index contributed by atoms with van der Waals surface area (Å²) >= 11 is 0. The number of hydrogen-bond donors (Lipinski definition) is 3. The van der Waals surface area contributed by atoms with E-state index in [1.165, 1.54) is 12.1 Å². The van der Waals surface area contributed by atoms with Crippen molar-refractivity contribution in [3.8, 4) is 5.75 Å². The van der Waals surface area contributed by atoms with Gasteiger partial charge in [0, 0.05) is 23.6 Å². The highest BCUT2D eigenvalue weighted by Gasteiger charge is 2.39. The van der Waals surface area contributed by atoms with Crippen LogP contribution in [0.1, 0.15) is 67.6 Å². The second-order valence-electron chi connectivity index (χ2n) is 10.1. The Balaban J connectivity index is 1.66. The standard InChI is InChI=1S/C27H31F3N4O3/c1-14(17-5-4-6-18(21(17)28)25(29)30)31-26-19-13-20(27(36)9-7-16(35)8-10-27)24-23(34(3)11-12-37-24)22(19)32-15(2)33-26/h4-6,13-14,16,25,35-36H,7-12H2,1-3H3,(H,31,32,33)/t14-,16-,27+/m1/s1. The van der Waals surface area contributed by atoms with Crippen molar-refractivity contribution in [2.45, 2.75) is 63.7 Å². The Morgan fingerprint density at radius 2 is 1.89 bits per heavy atom. The van der Waals surface area contributed by atoms with Crippen molar-refractivity contribution in [2.24, 2.45) is 0 Å². The second kappa shape index (κ2) is 9.64. The molecule has 1 aromatic heterocycles. The second-order valence-corrected chi connectivity index (χ2v) is 10.1. The Kier molecular flexibility index (Phi) is 6.66. The van der Waals surface area contributed by atoms with Crippen molar-refractivity contribution in [3.63, 3.8) is 0 Å². The molecular weight excluding hydrogens is 485 g/mol. The van der Waals surface area contributed by atoms with E-state index in [1.54, 1.807) is 13.8 Å². The maximum absolute atomic E-state index is 14.9. The summed E-state index contributed by atoms with van der Waals surface area (Å²) < 4.78 is 47.6. The zero-order valence-electron chi connectivity index (χ0n) is 21.1. The fourth-order valence-corrected chi connectivity index (χ4v) is 5.40. The number of nitrogens with zero attached hydrogens (tertiary/aromatic N) is 3. The van der Waals surface area contributed by atoms with Gasteiger partial charge in [-0.15, -0.1) is 0 Å². The lowest BCUT2D eigenvalue weighted by molar-refractivity contribution is -0.0377. The minimum atomic E-state index is -2.92. The molecule has 1 saturated carbocycles. The molecule has 1 aliphatic carbocycles. The molecule has 3 aromatic rings. The van der Waals surface area contributed by atoms with Crippen molar-refractivity contribution >= 4 is 22.4 Å². The lowest BCUT2D eigenvalue weighted by atomic mass is 9.77. The zero-order valence-corrected chi connectivity index (χ0v) is 21.1. The molecule has 0 bridgehead atoms. The van der Waals surface area contributed by atoms with Crippen LogP contribution in [0.25, 0.3) is 10.9 Å². The number of nitrogens with one attached hydrogen (secondary N) is 1. The molecule has 1 atom stereocenters. The van der Waals surface area contributed by atoms with Gasteiger partial charge in [-0.1, -0.05) is 18.2 Å². The third-order valence-electron chi connectivity index (χ3n) is 7.48. The summed E-state index contributed by atoms with van der Waals surface area (Å²) in [6.45, 7) is 4.50. The molecule has 2 aliphatic rings. The van der Waals surface area contributed by atoms with Gasteiger partial charge in [0.25, 0.3) is 6.43 Å². The maximum atomic E-state index is 14.9. The third-order valence-corrected chi connectivity index (χ3v) is 7.48. The molecule has 10 heteroatoms. The van der Waals surface area contributed by atoms with Gasteiger partial charge in [-0.3, -0.25) is 0 Å². The topological polar surface area (TPSA) is 90.7 Å². The minimum absolute atomic E-state index is 0.0979. The normalized spacial score (nSPS) is 22.6. The Labute approximate surface area is 213 Å². The molecule has 2 heterocycles. The monoisotopic (exact) mass is 516 g/mol. The number of aryl methyl sites for hydroxylation is 1. The number of ether oxygens (including phenoxy) is 1. The highest BCUT2D eigenvalue weighted by molar-refractivity contribution is 6.01. The van der Waals surface area contributed by atoms with Crippen LogP contribution in [-0.4, -0.2) is 46.5 Å². The molecule has 5 rings (SSSR count). The zero-order chi connectivity index (χ0) is 26.5. The number of halogens is 3. The van der Waals surface area contributed by atoms with Gasteiger partial charge in [0.2, 0.25) is 0 Å². The van der Waals surface area contributed by atoms with Crippen molar-refractivity contribution in [2.75, 3.05) is 30.4 Å². The summed E-state index contributed by atoms with van der Waals surface area (Å²) in [6.07, 6.45) is -1.71. The van der Waals surface area contributed by atoms with Crippen LogP contribution in [0.4, 0.5) is 24.7 Å². The van der Waals surface area contributed by atoms with Crippen LogP contribution in [0.2, 0.25) is 0 Å². The quantitative estimate of drug-likeness (QED) is 0.433. The average Bonchev–Trinajstić information content (AvgIpc) is 2.85. The van der Waals surface area contributed by atoms with Gasteiger partial charge in [-0.2, -0.15) is 0 Å². The first-order chi connectivity index (χ1) is 17.6. The summed E-state index contributed by atoms with van der Waals surface area (Å²) in [6, 6.07) is 5.09. The molecule has 7 nitrogen and oxygen atoms in total. The van der Waals surface area contributed by atoms with Gasteiger partial charge < -0.3 is 25.2 Å². The largest absolute Gasteiger partial charge is 0.489 e. The number of benzene rings is 2. The molecular formula is C27H31F3N4O3. The number of alkyl halides is 2. The van der Waals surface area contributed by atoms with E-state index in [1.807, 2.05) is 18.0 Å². The van der Waals surface area contributed by atoms with Gasteiger partial charge in [0.1, 0.15) is 35.3 Å². The number of aliphatic hydroxyl groups excluding tert-OH is 1. The summed E-state index contributed by atoms with van der Waals surface area (Å²) in [7, 11) is 1.93. The van der Waals surface area contributed by atoms with Gasteiger partial charge in [0.15, 0.2) is 5.75 Å². The summed E-state index contributed by atoms with van der Waals surface area (Å²) in [5.41, 5.74) is 0.186. The van der Waals surface area contributed by atoms with E-state index in [2.05, 4.69) is 15.3 Å². The molecule has 198 valence electrons. The lowest BCUT2D eigenvalue weighted by Crippen LogP contribution is -2.36. The van der Waals surface area contributed by atoms with E-state index >= 15 is 0 Å². The van der Waals surface area contributed by atoms with Crippen LogP contribution in [-0.2, 0) is 5.60 Å². The molecule has 37 heavy (non-hydrogen) atoms. The third kappa shape index (κ3) is 4.57. The van der Waals surface area contributed by atoms with E-state index in [0.29, 0.717) is 72.7 Å². The van der Waals surface area contributed by atoms with Gasteiger partial charge in [-0.05, 0) is 45.6 Å². The molecule has 0 amide bonds. The van der Waals surface area contributed by atoms with Gasteiger partial charge in [0.05, 0.1) is 29.9 Å². The SMILES string of the molecule is Cc1nc(N[C@H](C)c2cccc(C(F)F)c2F)c2cc([C@]3(O)CC[C@@H](O)CC3)c3c(c2n1)N(C)CCO3. The highest BCUT2D eigenvalue weighted by atomic mass is 19.3. The molecule has 2 aromatic carbocycles. The summed E-state index contributed by atoms with van der Waals surface area (Å²) in [4.78, 5) is 11.3. The van der Waals surface area contributed by atoms with Crippen LogP contribution in [0.3, 0.4) is 0 Å². The number of rotatable bonds is 5. The minimum Gasteiger partial charge on any atom is -0.489 e. The highest BCUT2D eigenvalue weighted by Crippen LogP contribution is 2.49. The number of aliphatic hydroxyl groups is 2. The predicted octanol–water partition coefficient (Wildman–Crippen LogP) is 5.14. The Morgan fingerprint density at radius 3 is 2.59 bits per heavy atom. The predicted molar refractivity (Wildman–Crippen MR) is 135 cm³/mol. The summed E-state index contributed by atoms with van der Waals surface area (Å²) in [5.74, 6) is 0.485. The molecule has 0 radical (unpaired) electrons. The van der Waals surface area contributed by atoms with Crippen LogP contribution < -0.4 is 15.0 Å². The van der Waals surface area contributed by atoms with Crippen LogP contribution in [0, 0.1) is 12.7 Å². The number of hydrogen-bond acceptors (Lipinski definition) is 7. The fourth-order valence-electron chi connectivity index (χ4n) is 5.40.